The fourth-order valence-corrected chi connectivity index (χ4v) is 2.63. The van der Waals surface area contributed by atoms with Crippen molar-refractivity contribution >= 4 is 22.9 Å². The predicted octanol–water partition coefficient (Wildman–Crippen LogP) is 2.78. The third-order valence-corrected chi connectivity index (χ3v) is 3.96. The number of carbonyl (C=O) groups excluding carboxylic acids is 1. The summed E-state index contributed by atoms with van der Waals surface area (Å²) >= 11 is 1.63. The molecule has 0 bridgehead atoms. The summed E-state index contributed by atoms with van der Waals surface area (Å²) in [5.41, 5.74) is 2.06. The van der Waals surface area contributed by atoms with Crippen LogP contribution in [0.5, 0.6) is 0 Å². The first-order chi connectivity index (χ1) is 10.6. The molecule has 0 radical (unpaired) electrons. The van der Waals surface area contributed by atoms with Crippen LogP contribution in [0.15, 0.2) is 29.6 Å². The number of nitrogens with zero attached hydrogens (tertiary/aromatic N) is 3. The minimum atomic E-state index is -0.0935. The molecule has 2 aromatic rings. The van der Waals surface area contributed by atoms with Gasteiger partial charge in [-0.3, -0.25) is 4.79 Å². The summed E-state index contributed by atoms with van der Waals surface area (Å²) in [6.45, 7) is 3.35. The van der Waals surface area contributed by atoms with E-state index in [-0.39, 0.29) is 5.91 Å². The Bertz CT molecular complexity index is 689. The number of aryl methyl sites for hydroxylation is 1. The van der Waals surface area contributed by atoms with Crippen LogP contribution in [-0.2, 0) is 11.3 Å². The van der Waals surface area contributed by atoms with Crippen LogP contribution >= 0.6 is 11.3 Å². The van der Waals surface area contributed by atoms with E-state index in [0.29, 0.717) is 24.2 Å². The van der Waals surface area contributed by atoms with E-state index < -0.39 is 0 Å². The van der Waals surface area contributed by atoms with E-state index in [1.165, 1.54) is 0 Å². The predicted molar refractivity (Wildman–Crippen MR) is 87.6 cm³/mol. The maximum atomic E-state index is 12.0. The summed E-state index contributed by atoms with van der Waals surface area (Å²) in [5, 5.41) is 14.9. The van der Waals surface area contributed by atoms with Gasteiger partial charge in [0.05, 0.1) is 22.0 Å². The highest BCUT2D eigenvalue weighted by Gasteiger charge is 2.09. The van der Waals surface area contributed by atoms with Gasteiger partial charge in [0.25, 0.3) is 0 Å². The molecule has 0 aliphatic carbocycles. The van der Waals surface area contributed by atoms with Gasteiger partial charge in [-0.05, 0) is 26.1 Å². The Morgan fingerprint density at radius 3 is 2.91 bits per heavy atom. The Labute approximate surface area is 134 Å². The first kappa shape index (κ1) is 16.1. The number of anilines is 1. The molecule has 22 heavy (non-hydrogen) atoms. The smallest absolute Gasteiger partial charge is 0.225 e. The summed E-state index contributed by atoms with van der Waals surface area (Å²) in [6.07, 6.45) is 0.374. The number of hydrogen-bond acceptors (Lipinski definition) is 5. The number of para-hydroxylation sites is 1. The van der Waals surface area contributed by atoms with Crippen molar-refractivity contribution in [2.24, 2.45) is 0 Å². The van der Waals surface area contributed by atoms with Crippen LogP contribution in [0.3, 0.4) is 0 Å². The molecule has 0 aliphatic rings. The van der Waals surface area contributed by atoms with Gasteiger partial charge in [-0.1, -0.05) is 12.1 Å². The Morgan fingerprint density at radius 1 is 1.45 bits per heavy atom. The lowest BCUT2D eigenvalue weighted by Crippen LogP contribution is -2.24. The Kier molecular flexibility index (Phi) is 5.64. The Hall–Kier alpha value is -2.23. The van der Waals surface area contributed by atoms with E-state index >= 15 is 0 Å². The van der Waals surface area contributed by atoms with E-state index in [1.54, 1.807) is 35.6 Å². The zero-order chi connectivity index (χ0) is 15.9. The topological polar surface area (TPSA) is 69.0 Å². The molecule has 5 nitrogen and oxygen atoms in total. The van der Waals surface area contributed by atoms with E-state index in [4.69, 9.17) is 5.26 Å². The van der Waals surface area contributed by atoms with E-state index in [0.717, 1.165) is 17.2 Å². The van der Waals surface area contributed by atoms with Crippen molar-refractivity contribution in [1.82, 2.24) is 9.88 Å². The molecule has 1 N–H and O–H groups in total. The van der Waals surface area contributed by atoms with Crippen LogP contribution in [0.2, 0.25) is 0 Å². The number of benzene rings is 1. The van der Waals surface area contributed by atoms with E-state index in [2.05, 4.69) is 21.3 Å². The van der Waals surface area contributed by atoms with Gasteiger partial charge in [-0.25, -0.2) is 4.98 Å². The minimum Gasteiger partial charge on any atom is -0.325 e. The van der Waals surface area contributed by atoms with Crippen molar-refractivity contribution in [2.45, 2.75) is 19.9 Å². The lowest BCUT2D eigenvalue weighted by molar-refractivity contribution is -0.116. The highest BCUT2D eigenvalue weighted by Crippen LogP contribution is 2.14. The highest BCUT2D eigenvalue weighted by molar-refractivity contribution is 7.09. The van der Waals surface area contributed by atoms with Gasteiger partial charge in [-0.2, -0.15) is 5.26 Å². The lowest BCUT2D eigenvalue weighted by Gasteiger charge is -2.15. The number of aromatic nitrogens is 1. The van der Waals surface area contributed by atoms with Gasteiger partial charge >= 0.3 is 0 Å². The summed E-state index contributed by atoms with van der Waals surface area (Å²) in [4.78, 5) is 18.4. The molecule has 0 spiro atoms. The minimum absolute atomic E-state index is 0.0935. The molecule has 1 aromatic heterocycles. The van der Waals surface area contributed by atoms with Gasteiger partial charge in [0, 0.05) is 24.9 Å². The first-order valence-electron chi connectivity index (χ1n) is 6.97. The summed E-state index contributed by atoms with van der Waals surface area (Å²) in [6, 6.07) is 9.06. The Balaban J connectivity index is 1.81. The fourth-order valence-electron chi connectivity index (χ4n) is 2.03. The quantitative estimate of drug-likeness (QED) is 0.890. The van der Waals surface area contributed by atoms with Crippen LogP contribution in [-0.4, -0.2) is 29.4 Å². The van der Waals surface area contributed by atoms with E-state index in [9.17, 15) is 4.79 Å². The molecule has 0 saturated carbocycles. The number of nitriles is 1. The SMILES string of the molecule is Cc1nc(CN(C)CCC(=O)Nc2ccccc2C#N)cs1. The molecule has 1 heterocycles. The van der Waals surface area contributed by atoms with Crippen molar-refractivity contribution in [2.75, 3.05) is 18.9 Å². The maximum absolute atomic E-state index is 12.0. The third kappa shape index (κ3) is 4.65. The van der Waals surface area contributed by atoms with Crippen LogP contribution in [0.4, 0.5) is 5.69 Å². The summed E-state index contributed by atoms with van der Waals surface area (Å²) in [5.74, 6) is -0.0935. The standard InChI is InChI=1S/C16H18N4OS/c1-12-18-14(11-22-12)10-20(2)8-7-16(21)19-15-6-4-3-5-13(15)9-17/h3-6,11H,7-8,10H2,1-2H3,(H,19,21). The second-order valence-corrected chi connectivity index (χ2v) is 6.11. The van der Waals surface area contributed by atoms with Gasteiger partial charge in [0.15, 0.2) is 0 Å². The van der Waals surface area contributed by atoms with Crippen LogP contribution < -0.4 is 5.32 Å². The molecule has 0 saturated heterocycles. The largest absolute Gasteiger partial charge is 0.325 e. The second-order valence-electron chi connectivity index (χ2n) is 5.05. The number of amides is 1. The molecule has 114 valence electrons. The zero-order valence-corrected chi connectivity index (χ0v) is 13.5. The normalized spacial score (nSPS) is 10.5. The average molecular weight is 314 g/mol. The van der Waals surface area contributed by atoms with Crippen molar-refractivity contribution in [3.05, 3.63) is 45.9 Å². The summed E-state index contributed by atoms with van der Waals surface area (Å²) in [7, 11) is 1.96. The fraction of sp³-hybridized carbons (Fsp3) is 0.312. The highest BCUT2D eigenvalue weighted by atomic mass is 32.1. The monoisotopic (exact) mass is 314 g/mol. The number of nitrogens with one attached hydrogen (secondary N) is 1. The molecule has 1 amide bonds. The van der Waals surface area contributed by atoms with Crippen LogP contribution in [0, 0.1) is 18.3 Å². The molecular weight excluding hydrogens is 296 g/mol. The van der Waals surface area contributed by atoms with Crippen molar-refractivity contribution in [3.63, 3.8) is 0 Å². The molecule has 0 fully saturated rings. The van der Waals surface area contributed by atoms with Gasteiger partial charge in [0.1, 0.15) is 6.07 Å². The lowest BCUT2D eigenvalue weighted by atomic mass is 10.2. The van der Waals surface area contributed by atoms with Crippen LogP contribution in [0.25, 0.3) is 0 Å². The van der Waals surface area contributed by atoms with E-state index in [1.807, 2.05) is 19.4 Å². The zero-order valence-electron chi connectivity index (χ0n) is 12.7. The molecular formula is C16H18N4OS. The first-order valence-corrected chi connectivity index (χ1v) is 7.85. The number of thiazole rings is 1. The third-order valence-electron chi connectivity index (χ3n) is 3.14. The van der Waals surface area contributed by atoms with Gasteiger partial charge < -0.3 is 10.2 Å². The molecule has 0 unspecified atom stereocenters. The summed E-state index contributed by atoms with van der Waals surface area (Å²) < 4.78 is 0. The molecule has 6 heteroatoms. The molecule has 0 aliphatic heterocycles. The number of hydrogen-bond donors (Lipinski definition) is 1. The van der Waals surface area contributed by atoms with Crippen molar-refractivity contribution in [3.8, 4) is 6.07 Å². The van der Waals surface area contributed by atoms with Crippen LogP contribution in [0.1, 0.15) is 22.7 Å². The Morgan fingerprint density at radius 2 is 2.23 bits per heavy atom. The maximum Gasteiger partial charge on any atom is 0.225 e. The second kappa shape index (κ2) is 7.69. The molecule has 1 aromatic carbocycles. The van der Waals surface area contributed by atoms with Crippen molar-refractivity contribution < 1.29 is 4.79 Å². The molecule has 0 atom stereocenters. The average Bonchev–Trinajstić information content (AvgIpc) is 2.91. The molecule has 2 rings (SSSR count). The van der Waals surface area contributed by atoms with Crippen molar-refractivity contribution in [1.29, 1.82) is 5.26 Å². The van der Waals surface area contributed by atoms with Gasteiger partial charge in [0.2, 0.25) is 5.91 Å². The van der Waals surface area contributed by atoms with Gasteiger partial charge in [-0.15, -0.1) is 11.3 Å². The number of rotatable bonds is 6. The number of carbonyl (C=O) groups is 1.